The molecule has 0 aliphatic carbocycles. The van der Waals surface area contributed by atoms with E-state index >= 15 is 0 Å². The number of guanidine groups is 1. The first kappa shape index (κ1) is 22.7. The molecule has 1 aliphatic heterocycles. The van der Waals surface area contributed by atoms with Crippen molar-refractivity contribution >= 4 is 15.8 Å². The zero-order chi connectivity index (χ0) is 20.6. The van der Waals surface area contributed by atoms with Gasteiger partial charge in [0.1, 0.15) is 0 Å². The van der Waals surface area contributed by atoms with Crippen LogP contribution in [0.5, 0.6) is 0 Å². The highest BCUT2D eigenvalue weighted by Gasteiger charge is 2.20. The SMILES string of the molecule is CCNC(=NCCc1ccc(S(C)(=O)=O)cc1)NC1CCN(CC(C)C)CC1. The Hall–Kier alpha value is -1.60. The molecule has 2 rings (SSSR count). The van der Waals surface area contributed by atoms with Gasteiger partial charge in [-0.3, -0.25) is 4.99 Å². The summed E-state index contributed by atoms with van der Waals surface area (Å²) in [4.78, 5) is 7.61. The Morgan fingerprint density at radius 1 is 1.21 bits per heavy atom. The molecular weight excluding hydrogens is 372 g/mol. The molecular formula is C21H36N4O2S. The third kappa shape index (κ3) is 7.80. The Morgan fingerprint density at radius 3 is 2.39 bits per heavy atom. The lowest BCUT2D eigenvalue weighted by molar-refractivity contribution is 0.187. The molecule has 2 N–H and O–H groups in total. The van der Waals surface area contributed by atoms with Crippen molar-refractivity contribution in [3.05, 3.63) is 29.8 Å². The predicted octanol–water partition coefficient (Wildman–Crippen LogP) is 2.31. The van der Waals surface area contributed by atoms with Crippen molar-refractivity contribution in [1.29, 1.82) is 0 Å². The smallest absolute Gasteiger partial charge is 0.191 e. The summed E-state index contributed by atoms with van der Waals surface area (Å²) in [5.41, 5.74) is 1.09. The summed E-state index contributed by atoms with van der Waals surface area (Å²) in [6.45, 7) is 11.6. The third-order valence-electron chi connectivity index (χ3n) is 4.92. The number of piperidine rings is 1. The molecule has 0 radical (unpaired) electrons. The van der Waals surface area contributed by atoms with Crippen molar-refractivity contribution in [3.63, 3.8) is 0 Å². The maximum Gasteiger partial charge on any atom is 0.191 e. The Kier molecular flexibility index (Phi) is 8.76. The Balaban J connectivity index is 1.84. The molecule has 1 saturated heterocycles. The van der Waals surface area contributed by atoms with Crippen LogP contribution in [0.2, 0.25) is 0 Å². The van der Waals surface area contributed by atoms with Crippen LogP contribution in [0, 0.1) is 5.92 Å². The van der Waals surface area contributed by atoms with E-state index in [1.165, 1.54) is 12.8 Å². The molecule has 1 aromatic rings. The quantitative estimate of drug-likeness (QED) is 0.510. The van der Waals surface area contributed by atoms with Crippen LogP contribution in [-0.4, -0.2) is 64.3 Å². The summed E-state index contributed by atoms with van der Waals surface area (Å²) in [7, 11) is -3.14. The second-order valence-corrected chi connectivity index (χ2v) is 10.1. The van der Waals surface area contributed by atoms with E-state index in [1.807, 2.05) is 12.1 Å². The zero-order valence-electron chi connectivity index (χ0n) is 17.7. The molecule has 0 saturated carbocycles. The first-order valence-corrected chi connectivity index (χ1v) is 12.2. The topological polar surface area (TPSA) is 73.8 Å². The first-order chi connectivity index (χ1) is 13.3. The van der Waals surface area contributed by atoms with Gasteiger partial charge in [-0.05, 0) is 49.8 Å². The summed E-state index contributed by atoms with van der Waals surface area (Å²) in [5.74, 6) is 1.59. The summed E-state index contributed by atoms with van der Waals surface area (Å²) in [5, 5.41) is 6.91. The molecule has 0 aromatic heterocycles. The monoisotopic (exact) mass is 408 g/mol. The Morgan fingerprint density at radius 2 is 1.86 bits per heavy atom. The van der Waals surface area contributed by atoms with E-state index in [0.717, 1.165) is 56.3 Å². The largest absolute Gasteiger partial charge is 0.357 e. The van der Waals surface area contributed by atoms with E-state index in [0.29, 0.717) is 17.5 Å². The van der Waals surface area contributed by atoms with Gasteiger partial charge in [-0.1, -0.05) is 26.0 Å². The lowest BCUT2D eigenvalue weighted by Crippen LogP contribution is -2.49. The number of nitrogens with zero attached hydrogens (tertiary/aromatic N) is 2. The summed E-state index contributed by atoms with van der Waals surface area (Å²) >= 11 is 0. The van der Waals surface area contributed by atoms with E-state index in [2.05, 4.69) is 36.3 Å². The van der Waals surface area contributed by atoms with Crippen molar-refractivity contribution in [2.45, 2.75) is 51.0 Å². The van der Waals surface area contributed by atoms with Crippen molar-refractivity contribution in [1.82, 2.24) is 15.5 Å². The fourth-order valence-corrected chi connectivity index (χ4v) is 4.12. The van der Waals surface area contributed by atoms with E-state index in [1.54, 1.807) is 12.1 Å². The number of likely N-dealkylation sites (tertiary alicyclic amines) is 1. The summed E-state index contributed by atoms with van der Waals surface area (Å²) in [6.07, 6.45) is 4.30. The van der Waals surface area contributed by atoms with Gasteiger partial charge in [-0.25, -0.2) is 8.42 Å². The van der Waals surface area contributed by atoms with Gasteiger partial charge in [0, 0.05) is 45.0 Å². The highest BCUT2D eigenvalue weighted by molar-refractivity contribution is 7.90. The third-order valence-corrected chi connectivity index (χ3v) is 6.05. The molecule has 0 amide bonds. The predicted molar refractivity (Wildman–Crippen MR) is 117 cm³/mol. The average Bonchev–Trinajstić information content (AvgIpc) is 2.63. The van der Waals surface area contributed by atoms with Crippen LogP contribution in [0.3, 0.4) is 0 Å². The van der Waals surface area contributed by atoms with Crippen molar-refractivity contribution < 1.29 is 8.42 Å². The molecule has 6 nitrogen and oxygen atoms in total. The maximum atomic E-state index is 11.5. The minimum atomic E-state index is -3.14. The fourth-order valence-electron chi connectivity index (χ4n) is 3.49. The number of sulfone groups is 1. The van der Waals surface area contributed by atoms with Gasteiger partial charge >= 0.3 is 0 Å². The molecule has 0 spiro atoms. The van der Waals surface area contributed by atoms with Gasteiger partial charge < -0.3 is 15.5 Å². The van der Waals surface area contributed by atoms with Crippen LogP contribution in [-0.2, 0) is 16.3 Å². The first-order valence-electron chi connectivity index (χ1n) is 10.3. The van der Waals surface area contributed by atoms with Gasteiger partial charge in [-0.2, -0.15) is 0 Å². The standard InChI is InChI=1S/C21H36N4O2S/c1-5-22-21(24-19-11-14-25(15-12-19)16-17(2)3)23-13-10-18-6-8-20(9-7-18)28(4,26)27/h6-9,17,19H,5,10-16H2,1-4H3,(H2,22,23,24). The van der Waals surface area contributed by atoms with Crippen LogP contribution < -0.4 is 10.6 Å². The summed E-state index contributed by atoms with van der Waals surface area (Å²) in [6, 6.07) is 7.55. The number of benzene rings is 1. The molecule has 1 heterocycles. The number of rotatable bonds is 8. The van der Waals surface area contributed by atoms with Crippen LogP contribution in [0.15, 0.2) is 34.2 Å². The number of nitrogens with one attached hydrogen (secondary N) is 2. The normalized spacial score (nSPS) is 17.1. The molecule has 0 bridgehead atoms. The Labute approximate surface area is 170 Å². The van der Waals surface area contributed by atoms with Crippen molar-refractivity contribution in [2.24, 2.45) is 10.9 Å². The highest BCUT2D eigenvalue weighted by atomic mass is 32.2. The number of aliphatic imine (C=N–C) groups is 1. The highest BCUT2D eigenvalue weighted by Crippen LogP contribution is 2.13. The van der Waals surface area contributed by atoms with Gasteiger partial charge in [0.25, 0.3) is 0 Å². The van der Waals surface area contributed by atoms with Crippen LogP contribution in [0.25, 0.3) is 0 Å². The Bertz CT molecular complexity index is 721. The van der Waals surface area contributed by atoms with Gasteiger partial charge in [0.05, 0.1) is 4.90 Å². The van der Waals surface area contributed by atoms with Gasteiger partial charge in [0.2, 0.25) is 0 Å². The minimum absolute atomic E-state index is 0.360. The van der Waals surface area contributed by atoms with E-state index in [-0.39, 0.29) is 0 Å². The van der Waals surface area contributed by atoms with Crippen LogP contribution in [0.1, 0.15) is 39.2 Å². The molecule has 0 atom stereocenters. The van der Waals surface area contributed by atoms with Gasteiger partial charge in [-0.15, -0.1) is 0 Å². The van der Waals surface area contributed by atoms with Crippen LogP contribution in [0.4, 0.5) is 0 Å². The maximum absolute atomic E-state index is 11.5. The fraction of sp³-hybridized carbons (Fsp3) is 0.667. The average molecular weight is 409 g/mol. The molecule has 158 valence electrons. The number of hydrogen-bond donors (Lipinski definition) is 2. The second kappa shape index (κ2) is 10.8. The van der Waals surface area contributed by atoms with E-state index in [4.69, 9.17) is 4.99 Å². The van der Waals surface area contributed by atoms with E-state index < -0.39 is 9.84 Å². The zero-order valence-corrected chi connectivity index (χ0v) is 18.6. The molecule has 7 heteroatoms. The van der Waals surface area contributed by atoms with Gasteiger partial charge in [0.15, 0.2) is 15.8 Å². The molecule has 28 heavy (non-hydrogen) atoms. The lowest BCUT2D eigenvalue weighted by atomic mass is 10.0. The lowest BCUT2D eigenvalue weighted by Gasteiger charge is -2.34. The van der Waals surface area contributed by atoms with Crippen molar-refractivity contribution in [2.75, 3.05) is 39.0 Å². The second-order valence-electron chi connectivity index (χ2n) is 8.04. The molecule has 1 fully saturated rings. The van der Waals surface area contributed by atoms with Crippen LogP contribution >= 0.6 is 0 Å². The van der Waals surface area contributed by atoms with E-state index in [9.17, 15) is 8.42 Å². The summed E-state index contributed by atoms with van der Waals surface area (Å²) < 4.78 is 23.1. The molecule has 1 aliphatic rings. The molecule has 0 unspecified atom stereocenters. The molecule has 1 aromatic carbocycles. The number of hydrogen-bond acceptors (Lipinski definition) is 4. The minimum Gasteiger partial charge on any atom is -0.357 e. The van der Waals surface area contributed by atoms with Crippen molar-refractivity contribution in [3.8, 4) is 0 Å².